The van der Waals surface area contributed by atoms with Crippen molar-refractivity contribution in [3.8, 4) is 0 Å². The minimum atomic E-state index is -0.537. The van der Waals surface area contributed by atoms with Gasteiger partial charge in [-0.3, -0.25) is 4.79 Å². The molecular formula is C18H22N2O3. The molecule has 1 aromatic heterocycles. The molecule has 0 unspecified atom stereocenters. The number of nitrogens with one attached hydrogen (secondary N) is 2. The van der Waals surface area contributed by atoms with Gasteiger partial charge in [0.2, 0.25) is 0 Å². The van der Waals surface area contributed by atoms with E-state index < -0.39 is 5.97 Å². The van der Waals surface area contributed by atoms with Crippen LogP contribution in [0.4, 0.5) is 0 Å². The van der Waals surface area contributed by atoms with E-state index in [1.54, 1.807) is 18.3 Å². The molecule has 0 bridgehead atoms. The van der Waals surface area contributed by atoms with Crippen LogP contribution in [0.15, 0.2) is 48.7 Å². The van der Waals surface area contributed by atoms with Crippen LogP contribution in [0.5, 0.6) is 0 Å². The van der Waals surface area contributed by atoms with Gasteiger partial charge in [-0.15, -0.1) is 0 Å². The largest absolute Gasteiger partial charge is 0.451 e. The Morgan fingerprint density at radius 1 is 1.13 bits per heavy atom. The van der Waals surface area contributed by atoms with Crippen molar-refractivity contribution in [2.75, 3.05) is 6.61 Å². The SMILES string of the molecule is CC(C)C[C@@H](NC(=O)COC(=O)c1ccc[nH]1)c1ccccc1. The van der Waals surface area contributed by atoms with Crippen molar-refractivity contribution in [1.82, 2.24) is 10.3 Å². The van der Waals surface area contributed by atoms with Gasteiger partial charge >= 0.3 is 5.97 Å². The number of hydrogen-bond acceptors (Lipinski definition) is 3. The molecule has 1 atom stereocenters. The number of benzene rings is 1. The van der Waals surface area contributed by atoms with Gasteiger partial charge in [-0.1, -0.05) is 44.2 Å². The first-order chi connectivity index (χ1) is 11.1. The number of rotatable bonds is 7. The Morgan fingerprint density at radius 2 is 1.87 bits per heavy atom. The summed E-state index contributed by atoms with van der Waals surface area (Å²) in [6.45, 7) is 3.92. The minimum Gasteiger partial charge on any atom is -0.451 e. The standard InChI is InChI=1S/C18H22N2O3/c1-13(2)11-16(14-7-4-3-5-8-14)20-17(21)12-23-18(22)15-9-6-10-19-15/h3-10,13,16,19H,11-12H2,1-2H3,(H,20,21)/t16-/m1/s1. The zero-order chi connectivity index (χ0) is 16.7. The number of hydrogen-bond donors (Lipinski definition) is 2. The summed E-state index contributed by atoms with van der Waals surface area (Å²) in [6, 6.07) is 13.0. The average Bonchev–Trinajstić information content (AvgIpc) is 3.07. The Labute approximate surface area is 136 Å². The molecule has 0 saturated carbocycles. The molecule has 1 aromatic carbocycles. The van der Waals surface area contributed by atoms with Gasteiger partial charge in [-0.05, 0) is 30.0 Å². The zero-order valence-corrected chi connectivity index (χ0v) is 13.4. The van der Waals surface area contributed by atoms with Crippen LogP contribution in [0.1, 0.15) is 42.4 Å². The van der Waals surface area contributed by atoms with Crippen LogP contribution >= 0.6 is 0 Å². The van der Waals surface area contributed by atoms with E-state index >= 15 is 0 Å². The lowest BCUT2D eigenvalue weighted by atomic mass is 9.97. The van der Waals surface area contributed by atoms with E-state index in [0.29, 0.717) is 11.6 Å². The maximum atomic E-state index is 12.1. The van der Waals surface area contributed by atoms with Crippen LogP contribution in [0.25, 0.3) is 0 Å². The quantitative estimate of drug-likeness (QED) is 0.772. The highest BCUT2D eigenvalue weighted by Gasteiger charge is 2.17. The molecule has 1 amide bonds. The van der Waals surface area contributed by atoms with Gasteiger partial charge in [0, 0.05) is 6.20 Å². The van der Waals surface area contributed by atoms with E-state index in [9.17, 15) is 9.59 Å². The maximum Gasteiger partial charge on any atom is 0.355 e. The van der Waals surface area contributed by atoms with Gasteiger partial charge in [0.05, 0.1) is 6.04 Å². The van der Waals surface area contributed by atoms with Crippen molar-refractivity contribution in [3.63, 3.8) is 0 Å². The molecule has 2 aromatic rings. The molecule has 1 heterocycles. The highest BCUT2D eigenvalue weighted by Crippen LogP contribution is 2.20. The number of H-pyrrole nitrogens is 1. The van der Waals surface area contributed by atoms with Crippen LogP contribution in [-0.4, -0.2) is 23.5 Å². The second-order valence-electron chi connectivity index (χ2n) is 5.82. The van der Waals surface area contributed by atoms with Crippen LogP contribution in [0.3, 0.4) is 0 Å². The molecule has 0 saturated heterocycles. The second kappa shape index (κ2) is 8.17. The van der Waals surface area contributed by atoms with Gasteiger partial charge in [-0.2, -0.15) is 0 Å². The normalized spacial score (nSPS) is 12.0. The number of carbonyl (C=O) groups is 2. The Morgan fingerprint density at radius 3 is 2.48 bits per heavy atom. The van der Waals surface area contributed by atoms with E-state index in [0.717, 1.165) is 12.0 Å². The molecule has 5 heteroatoms. The van der Waals surface area contributed by atoms with E-state index in [-0.39, 0.29) is 18.6 Å². The summed E-state index contributed by atoms with van der Waals surface area (Å²) in [5.74, 6) is -0.411. The molecular weight excluding hydrogens is 292 g/mol. The topological polar surface area (TPSA) is 71.2 Å². The molecule has 5 nitrogen and oxygen atoms in total. The van der Waals surface area contributed by atoms with Crippen molar-refractivity contribution in [3.05, 3.63) is 59.9 Å². The third kappa shape index (κ3) is 5.29. The van der Waals surface area contributed by atoms with Gasteiger partial charge in [0.15, 0.2) is 6.61 Å². The fraction of sp³-hybridized carbons (Fsp3) is 0.333. The molecule has 0 radical (unpaired) electrons. The number of aromatic amines is 1. The van der Waals surface area contributed by atoms with Crippen LogP contribution < -0.4 is 5.32 Å². The summed E-state index contributed by atoms with van der Waals surface area (Å²) in [4.78, 5) is 26.5. The first-order valence-electron chi connectivity index (χ1n) is 7.71. The van der Waals surface area contributed by atoms with Crippen molar-refractivity contribution in [2.45, 2.75) is 26.3 Å². The molecule has 0 aliphatic rings. The lowest BCUT2D eigenvalue weighted by Crippen LogP contribution is -2.33. The van der Waals surface area contributed by atoms with E-state index in [1.165, 1.54) is 0 Å². The third-order valence-corrected chi connectivity index (χ3v) is 3.40. The Hall–Kier alpha value is -2.56. The zero-order valence-electron chi connectivity index (χ0n) is 13.4. The van der Waals surface area contributed by atoms with Gasteiger partial charge in [-0.25, -0.2) is 4.79 Å². The highest BCUT2D eigenvalue weighted by molar-refractivity contribution is 5.89. The fourth-order valence-corrected chi connectivity index (χ4v) is 2.34. The van der Waals surface area contributed by atoms with Gasteiger partial charge < -0.3 is 15.0 Å². The Kier molecular flexibility index (Phi) is 5.97. The smallest absolute Gasteiger partial charge is 0.355 e. The fourth-order valence-electron chi connectivity index (χ4n) is 2.34. The molecule has 0 aliphatic heterocycles. The first-order valence-corrected chi connectivity index (χ1v) is 7.71. The summed E-state index contributed by atoms with van der Waals surface area (Å²) < 4.78 is 5.01. The summed E-state index contributed by atoms with van der Waals surface area (Å²) in [6.07, 6.45) is 2.45. The molecule has 0 fully saturated rings. The summed E-state index contributed by atoms with van der Waals surface area (Å²) in [5, 5.41) is 2.94. The molecule has 0 aliphatic carbocycles. The monoisotopic (exact) mass is 314 g/mol. The predicted octanol–water partition coefficient (Wildman–Crippen LogP) is 3.08. The first kappa shape index (κ1) is 16.8. The van der Waals surface area contributed by atoms with Crippen molar-refractivity contribution >= 4 is 11.9 Å². The van der Waals surface area contributed by atoms with Crippen LogP contribution in [-0.2, 0) is 9.53 Å². The maximum absolute atomic E-state index is 12.1. The highest BCUT2D eigenvalue weighted by atomic mass is 16.5. The lowest BCUT2D eigenvalue weighted by Gasteiger charge is -2.21. The molecule has 2 N–H and O–H groups in total. The van der Waals surface area contributed by atoms with E-state index in [2.05, 4.69) is 24.1 Å². The number of ether oxygens (including phenoxy) is 1. The van der Waals surface area contributed by atoms with Crippen molar-refractivity contribution < 1.29 is 14.3 Å². The average molecular weight is 314 g/mol. The van der Waals surface area contributed by atoms with E-state index in [1.807, 2.05) is 30.3 Å². The van der Waals surface area contributed by atoms with Crippen molar-refractivity contribution in [1.29, 1.82) is 0 Å². The number of carbonyl (C=O) groups excluding carboxylic acids is 2. The van der Waals surface area contributed by atoms with Gasteiger partial charge in [0.1, 0.15) is 5.69 Å². The number of aromatic nitrogens is 1. The summed E-state index contributed by atoms with van der Waals surface area (Å²) in [5.41, 5.74) is 1.38. The number of esters is 1. The second-order valence-corrected chi connectivity index (χ2v) is 5.82. The molecule has 122 valence electrons. The predicted molar refractivity (Wildman–Crippen MR) is 87.9 cm³/mol. The molecule has 2 rings (SSSR count). The summed E-state index contributed by atoms with van der Waals surface area (Å²) >= 11 is 0. The molecule has 23 heavy (non-hydrogen) atoms. The van der Waals surface area contributed by atoms with Crippen LogP contribution in [0.2, 0.25) is 0 Å². The number of amides is 1. The lowest BCUT2D eigenvalue weighted by molar-refractivity contribution is -0.125. The van der Waals surface area contributed by atoms with E-state index in [4.69, 9.17) is 4.74 Å². The van der Waals surface area contributed by atoms with Crippen molar-refractivity contribution in [2.24, 2.45) is 5.92 Å². The third-order valence-electron chi connectivity index (χ3n) is 3.40. The minimum absolute atomic E-state index is 0.0899. The molecule has 0 spiro atoms. The van der Waals surface area contributed by atoms with Gasteiger partial charge in [0.25, 0.3) is 5.91 Å². The summed E-state index contributed by atoms with van der Waals surface area (Å²) in [7, 11) is 0. The Bertz CT molecular complexity index is 621. The Balaban J connectivity index is 1.91. The van der Waals surface area contributed by atoms with Crippen LogP contribution in [0, 0.1) is 5.92 Å².